The van der Waals surface area contributed by atoms with Gasteiger partial charge < -0.3 is 10.0 Å². The molecule has 0 fully saturated rings. The molecule has 1 amide bonds. The summed E-state index contributed by atoms with van der Waals surface area (Å²) in [6, 6.07) is 2.05. The number of rotatable bonds is 7. The molecule has 100 valence electrons. The number of amides is 1. The third-order valence-electron chi connectivity index (χ3n) is 2.81. The van der Waals surface area contributed by atoms with E-state index in [4.69, 9.17) is 5.11 Å². The molecule has 0 saturated carbocycles. The Balaban J connectivity index is 2.29. The molecule has 4 nitrogen and oxygen atoms in total. The number of nitrogens with zero attached hydrogens (tertiary/aromatic N) is 1. The van der Waals surface area contributed by atoms with Gasteiger partial charge in [0.05, 0.1) is 6.54 Å². The monoisotopic (exact) mass is 269 g/mol. The Hall–Kier alpha value is -1.36. The van der Waals surface area contributed by atoms with Gasteiger partial charge in [-0.2, -0.15) is 0 Å². The molecule has 0 bridgehead atoms. The van der Waals surface area contributed by atoms with Crippen LogP contribution >= 0.6 is 11.3 Å². The van der Waals surface area contributed by atoms with Crippen molar-refractivity contribution in [3.8, 4) is 0 Å². The van der Waals surface area contributed by atoms with E-state index in [0.717, 1.165) is 0 Å². The first kappa shape index (κ1) is 14.7. The molecule has 0 aromatic carbocycles. The van der Waals surface area contributed by atoms with Crippen LogP contribution in [0.25, 0.3) is 0 Å². The van der Waals surface area contributed by atoms with Crippen LogP contribution in [-0.4, -0.2) is 28.9 Å². The zero-order chi connectivity index (χ0) is 13.5. The van der Waals surface area contributed by atoms with Crippen LogP contribution in [0.5, 0.6) is 0 Å². The van der Waals surface area contributed by atoms with Crippen LogP contribution in [0.4, 0.5) is 0 Å². The van der Waals surface area contributed by atoms with Gasteiger partial charge >= 0.3 is 5.97 Å². The van der Waals surface area contributed by atoms with E-state index in [-0.39, 0.29) is 12.3 Å². The Morgan fingerprint density at radius 1 is 1.33 bits per heavy atom. The van der Waals surface area contributed by atoms with Crippen LogP contribution in [0.1, 0.15) is 36.1 Å². The van der Waals surface area contributed by atoms with Crippen molar-refractivity contribution in [2.24, 2.45) is 0 Å². The highest BCUT2D eigenvalue weighted by Gasteiger charge is 2.11. The van der Waals surface area contributed by atoms with E-state index in [0.29, 0.717) is 25.8 Å². The number of carboxylic acid groups (broad SMARTS) is 1. The van der Waals surface area contributed by atoms with E-state index in [1.807, 2.05) is 18.4 Å². The van der Waals surface area contributed by atoms with Gasteiger partial charge in [0.15, 0.2) is 0 Å². The molecule has 1 aromatic rings. The van der Waals surface area contributed by atoms with Crippen molar-refractivity contribution in [2.45, 2.75) is 39.2 Å². The first-order chi connectivity index (χ1) is 8.50. The molecule has 1 aromatic heterocycles. The minimum absolute atomic E-state index is 0.0770. The van der Waals surface area contributed by atoms with Crippen LogP contribution < -0.4 is 0 Å². The van der Waals surface area contributed by atoms with Crippen LogP contribution in [0.2, 0.25) is 0 Å². The molecule has 0 aliphatic carbocycles. The maximum atomic E-state index is 11.8. The fourth-order valence-corrected chi connectivity index (χ4v) is 2.57. The predicted molar refractivity (Wildman–Crippen MR) is 71.6 cm³/mol. The summed E-state index contributed by atoms with van der Waals surface area (Å²) in [7, 11) is 1.79. The number of aryl methyl sites for hydroxylation is 1. The van der Waals surface area contributed by atoms with Crippen molar-refractivity contribution in [1.82, 2.24) is 4.90 Å². The van der Waals surface area contributed by atoms with E-state index < -0.39 is 5.97 Å². The Labute approximate surface area is 111 Å². The second-order valence-corrected chi connectivity index (χ2v) is 5.38. The third kappa shape index (κ3) is 4.87. The number of carboxylic acids is 1. The van der Waals surface area contributed by atoms with E-state index in [1.165, 1.54) is 10.4 Å². The maximum Gasteiger partial charge on any atom is 0.303 e. The van der Waals surface area contributed by atoms with Crippen LogP contribution in [-0.2, 0) is 16.1 Å². The summed E-state index contributed by atoms with van der Waals surface area (Å²) >= 11 is 1.66. The van der Waals surface area contributed by atoms with Crippen molar-refractivity contribution >= 4 is 23.2 Å². The van der Waals surface area contributed by atoms with Gasteiger partial charge in [-0.1, -0.05) is 0 Å². The lowest BCUT2D eigenvalue weighted by Crippen LogP contribution is -2.25. The van der Waals surface area contributed by atoms with E-state index >= 15 is 0 Å². The molecule has 0 unspecified atom stereocenters. The number of carbonyl (C=O) groups is 2. The number of thiophene rings is 1. The number of hydrogen-bond donors (Lipinski definition) is 1. The average Bonchev–Trinajstić information content (AvgIpc) is 2.70. The number of aliphatic carboxylic acids is 1. The highest BCUT2D eigenvalue weighted by atomic mass is 32.1. The zero-order valence-electron chi connectivity index (χ0n) is 10.8. The average molecular weight is 269 g/mol. The van der Waals surface area contributed by atoms with Crippen LogP contribution in [0.15, 0.2) is 11.4 Å². The standard InChI is InChI=1S/C13H19NO3S/c1-10-7-8-18-11(10)9-14(2)12(15)5-3-4-6-13(16)17/h7-8H,3-6,9H2,1-2H3,(H,16,17). The van der Waals surface area contributed by atoms with Gasteiger partial charge in [0, 0.05) is 24.8 Å². The normalized spacial score (nSPS) is 10.3. The largest absolute Gasteiger partial charge is 0.481 e. The molecule has 1 N–H and O–H groups in total. The van der Waals surface area contributed by atoms with Gasteiger partial charge in [0.2, 0.25) is 5.91 Å². The SMILES string of the molecule is Cc1ccsc1CN(C)C(=O)CCCCC(=O)O. The molecule has 1 rings (SSSR count). The van der Waals surface area contributed by atoms with Crippen molar-refractivity contribution in [2.75, 3.05) is 7.05 Å². The summed E-state index contributed by atoms with van der Waals surface area (Å²) < 4.78 is 0. The molecular formula is C13H19NO3S. The van der Waals surface area contributed by atoms with E-state index in [2.05, 4.69) is 0 Å². The lowest BCUT2D eigenvalue weighted by atomic mass is 10.2. The zero-order valence-corrected chi connectivity index (χ0v) is 11.6. The van der Waals surface area contributed by atoms with E-state index in [9.17, 15) is 9.59 Å². The minimum Gasteiger partial charge on any atom is -0.481 e. The molecular weight excluding hydrogens is 250 g/mol. The van der Waals surface area contributed by atoms with Crippen LogP contribution in [0, 0.1) is 6.92 Å². The number of unbranched alkanes of at least 4 members (excludes halogenated alkanes) is 1. The van der Waals surface area contributed by atoms with Gasteiger partial charge in [-0.25, -0.2) is 0 Å². The summed E-state index contributed by atoms with van der Waals surface area (Å²) in [6.45, 7) is 2.68. The number of hydrogen-bond acceptors (Lipinski definition) is 3. The second kappa shape index (κ2) is 7.16. The first-order valence-corrected chi connectivity index (χ1v) is 6.87. The summed E-state index contributed by atoms with van der Waals surface area (Å²) in [6.07, 6.45) is 1.76. The lowest BCUT2D eigenvalue weighted by Gasteiger charge is -2.16. The Kier molecular flexibility index (Phi) is 5.85. The fraction of sp³-hybridized carbons (Fsp3) is 0.538. The smallest absolute Gasteiger partial charge is 0.303 e. The highest BCUT2D eigenvalue weighted by molar-refractivity contribution is 7.10. The second-order valence-electron chi connectivity index (χ2n) is 4.38. The Morgan fingerprint density at radius 3 is 2.56 bits per heavy atom. The topological polar surface area (TPSA) is 57.6 Å². The van der Waals surface area contributed by atoms with Crippen molar-refractivity contribution < 1.29 is 14.7 Å². The minimum atomic E-state index is -0.801. The Morgan fingerprint density at radius 2 is 2.00 bits per heavy atom. The molecule has 0 aliphatic rings. The third-order valence-corrected chi connectivity index (χ3v) is 3.81. The van der Waals surface area contributed by atoms with Gasteiger partial charge in [-0.15, -0.1) is 11.3 Å². The molecule has 1 heterocycles. The van der Waals surface area contributed by atoms with Gasteiger partial charge in [0.1, 0.15) is 0 Å². The predicted octanol–water partition coefficient (Wildman–Crippen LogP) is 2.66. The summed E-state index contributed by atoms with van der Waals surface area (Å²) in [4.78, 5) is 25.1. The molecule has 18 heavy (non-hydrogen) atoms. The summed E-state index contributed by atoms with van der Waals surface area (Å²) in [5.41, 5.74) is 1.21. The van der Waals surface area contributed by atoms with Crippen molar-refractivity contribution in [3.63, 3.8) is 0 Å². The lowest BCUT2D eigenvalue weighted by molar-refractivity contribution is -0.137. The fourth-order valence-electron chi connectivity index (χ4n) is 1.61. The van der Waals surface area contributed by atoms with Gasteiger partial charge in [-0.3, -0.25) is 9.59 Å². The molecule has 0 radical (unpaired) electrons. The summed E-state index contributed by atoms with van der Waals surface area (Å²) in [5, 5.41) is 10.5. The van der Waals surface area contributed by atoms with Crippen molar-refractivity contribution in [3.05, 3.63) is 21.9 Å². The molecule has 0 spiro atoms. The van der Waals surface area contributed by atoms with Gasteiger partial charge in [-0.05, 0) is 36.8 Å². The first-order valence-electron chi connectivity index (χ1n) is 5.99. The number of carbonyl (C=O) groups excluding carboxylic acids is 1. The molecule has 0 aliphatic heterocycles. The van der Waals surface area contributed by atoms with E-state index in [1.54, 1.807) is 23.3 Å². The van der Waals surface area contributed by atoms with Crippen molar-refractivity contribution in [1.29, 1.82) is 0 Å². The Bertz CT molecular complexity index is 414. The molecule has 5 heteroatoms. The summed E-state index contributed by atoms with van der Waals surface area (Å²) in [5.74, 6) is -0.724. The maximum absolute atomic E-state index is 11.8. The highest BCUT2D eigenvalue weighted by Crippen LogP contribution is 2.17. The molecule has 0 saturated heterocycles. The van der Waals surface area contributed by atoms with Gasteiger partial charge in [0.25, 0.3) is 0 Å². The van der Waals surface area contributed by atoms with Crippen LogP contribution in [0.3, 0.4) is 0 Å². The molecule has 0 atom stereocenters. The quantitative estimate of drug-likeness (QED) is 0.774.